The van der Waals surface area contributed by atoms with Gasteiger partial charge in [-0.3, -0.25) is 0 Å². The average molecular weight is 232 g/mol. The van der Waals surface area contributed by atoms with Gasteiger partial charge >= 0.3 is 0 Å². The van der Waals surface area contributed by atoms with Crippen LogP contribution in [0.2, 0.25) is 0 Å². The molecule has 0 amide bonds. The van der Waals surface area contributed by atoms with E-state index in [0.29, 0.717) is 17.5 Å². The molecule has 2 aromatic rings. The number of nitrogens with zero attached hydrogens (tertiary/aromatic N) is 2. The number of halogens is 1. The highest BCUT2D eigenvalue weighted by Crippen LogP contribution is 2.19. The number of rotatable bonds is 3. The van der Waals surface area contributed by atoms with Crippen LogP contribution in [0.4, 0.5) is 21.8 Å². The molecule has 2 N–H and O–H groups in total. The van der Waals surface area contributed by atoms with Crippen LogP contribution >= 0.6 is 0 Å². The van der Waals surface area contributed by atoms with Gasteiger partial charge in [-0.2, -0.15) is 4.98 Å². The third-order valence-corrected chi connectivity index (χ3v) is 2.28. The Labute approximate surface area is 98.9 Å². The summed E-state index contributed by atoms with van der Waals surface area (Å²) in [5, 5.41) is 5.91. The zero-order chi connectivity index (χ0) is 12.3. The third-order valence-electron chi connectivity index (χ3n) is 2.28. The number of nitrogens with one attached hydrogen (secondary N) is 2. The van der Waals surface area contributed by atoms with E-state index in [1.54, 1.807) is 25.4 Å². The number of hydrogen-bond acceptors (Lipinski definition) is 4. The Morgan fingerprint density at radius 3 is 2.82 bits per heavy atom. The maximum Gasteiger partial charge on any atom is 0.224 e. The minimum absolute atomic E-state index is 0.282. The summed E-state index contributed by atoms with van der Waals surface area (Å²) in [6.07, 6.45) is 1.71. The van der Waals surface area contributed by atoms with Crippen LogP contribution in [0.15, 0.2) is 30.5 Å². The van der Waals surface area contributed by atoms with Gasteiger partial charge in [-0.15, -0.1) is 0 Å². The van der Waals surface area contributed by atoms with E-state index < -0.39 is 0 Å². The van der Waals surface area contributed by atoms with Gasteiger partial charge in [0, 0.05) is 24.5 Å². The second-order valence-electron chi connectivity index (χ2n) is 3.61. The molecular weight excluding hydrogens is 219 g/mol. The number of benzene rings is 1. The van der Waals surface area contributed by atoms with Crippen molar-refractivity contribution in [3.63, 3.8) is 0 Å². The molecule has 0 spiro atoms. The molecule has 0 aliphatic heterocycles. The molecule has 1 aromatic heterocycles. The molecule has 0 radical (unpaired) electrons. The highest BCUT2D eigenvalue weighted by Gasteiger charge is 2.03. The van der Waals surface area contributed by atoms with Crippen LogP contribution in [0, 0.1) is 12.7 Å². The second-order valence-corrected chi connectivity index (χ2v) is 3.61. The summed E-state index contributed by atoms with van der Waals surface area (Å²) in [6, 6.07) is 6.24. The van der Waals surface area contributed by atoms with Crippen molar-refractivity contribution in [2.24, 2.45) is 0 Å². The quantitative estimate of drug-likeness (QED) is 0.854. The van der Waals surface area contributed by atoms with E-state index in [9.17, 15) is 4.39 Å². The van der Waals surface area contributed by atoms with Gasteiger partial charge in [0.1, 0.15) is 11.6 Å². The minimum atomic E-state index is -0.282. The molecule has 0 saturated heterocycles. The molecule has 1 heterocycles. The summed E-state index contributed by atoms with van der Waals surface area (Å²) in [5.41, 5.74) is 1.56. The van der Waals surface area contributed by atoms with E-state index in [1.807, 2.05) is 6.92 Å². The zero-order valence-electron chi connectivity index (χ0n) is 9.66. The molecule has 2 rings (SSSR count). The molecular formula is C12H13FN4. The van der Waals surface area contributed by atoms with Crippen molar-refractivity contribution in [1.29, 1.82) is 0 Å². The fourth-order valence-corrected chi connectivity index (χ4v) is 1.39. The van der Waals surface area contributed by atoms with E-state index in [1.165, 1.54) is 12.1 Å². The van der Waals surface area contributed by atoms with Crippen molar-refractivity contribution in [2.75, 3.05) is 17.7 Å². The van der Waals surface area contributed by atoms with E-state index in [0.717, 1.165) is 5.56 Å². The maximum atomic E-state index is 13.0. The topological polar surface area (TPSA) is 49.8 Å². The van der Waals surface area contributed by atoms with Crippen LogP contribution < -0.4 is 10.6 Å². The standard InChI is InChI=1S/C12H13FN4/c1-8-7-15-12(14-2)17-11(8)16-10-5-3-4-9(13)6-10/h3-7H,1-2H3,(H2,14,15,16,17). The Balaban J connectivity index is 2.29. The Morgan fingerprint density at radius 2 is 2.12 bits per heavy atom. The molecule has 0 fully saturated rings. The third kappa shape index (κ3) is 2.69. The molecule has 5 heteroatoms. The van der Waals surface area contributed by atoms with Crippen molar-refractivity contribution in [2.45, 2.75) is 6.92 Å². The van der Waals surface area contributed by atoms with E-state index in [2.05, 4.69) is 20.6 Å². The van der Waals surface area contributed by atoms with Crippen molar-refractivity contribution in [3.8, 4) is 0 Å². The number of aromatic nitrogens is 2. The first-order chi connectivity index (χ1) is 8.19. The smallest absolute Gasteiger partial charge is 0.224 e. The van der Waals surface area contributed by atoms with Crippen molar-refractivity contribution in [3.05, 3.63) is 41.8 Å². The number of aryl methyl sites for hydroxylation is 1. The molecule has 4 nitrogen and oxygen atoms in total. The van der Waals surface area contributed by atoms with Gasteiger partial charge in [0.05, 0.1) is 0 Å². The van der Waals surface area contributed by atoms with Gasteiger partial charge in [-0.1, -0.05) is 6.07 Å². The molecule has 17 heavy (non-hydrogen) atoms. The Kier molecular flexibility index (Phi) is 3.18. The predicted molar refractivity (Wildman–Crippen MR) is 66.0 cm³/mol. The van der Waals surface area contributed by atoms with Gasteiger partial charge in [-0.25, -0.2) is 9.37 Å². The zero-order valence-corrected chi connectivity index (χ0v) is 9.66. The molecule has 0 saturated carbocycles. The molecule has 88 valence electrons. The summed E-state index contributed by atoms with van der Waals surface area (Å²) in [7, 11) is 1.75. The van der Waals surface area contributed by atoms with E-state index in [-0.39, 0.29) is 5.82 Å². The van der Waals surface area contributed by atoms with Crippen molar-refractivity contribution >= 4 is 17.5 Å². The first-order valence-electron chi connectivity index (χ1n) is 5.23. The lowest BCUT2D eigenvalue weighted by molar-refractivity contribution is 0.628. The summed E-state index contributed by atoms with van der Waals surface area (Å²) in [4.78, 5) is 8.34. The molecule has 0 atom stereocenters. The van der Waals surface area contributed by atoms with Gasteiger partial charge in [0.2, 0.25) is 5.95 Å². The fraction of sp³-hybridized carbons (Fsp3) is 0.167. The number of anilines is 3. The monoisotopic (exact) mass is 232 g/mol. The van der Waals surface area contributed by atoms with Crippen LogP contribution in [0.5, 0.6) is 0 Å². The first-order valence-corrected chi connectivity index (χ1v) is 5.23. The van der Waals surface area contributed by atoms with E-state index >= 15 is 0 Å². The van der Waals surface area contributed by atoms with Crippen LogP contribution in [-0.4, -0.2) is 17.0 Å². The number of hydrogen-bond donors (Lipinski definition) is 2. The first kappa shape index (κ1) is 11.3. The molecule has 0 bridgehead atoms. The SMILES string of the molecule is CNc1ncc(C)c(Nc2cccc(F)c2)n1. The Bertz CT molecular complexity index is 528. The van der Waals surface area contributed by atoms with Crippen LogP contribution in [0.1, 0.15) is 5.56 Å². The van der Waals surface area contributed by atoms with Crippen LogP contribution in [-0.2, 0) is 0 Å². The predicted octanol–water partition coefficient (Wildman–Crippen LogP) is 2.71. The maximum absolute atomic E-state index is 13.0. The second kappa shape index (κ2) is 4.78. The lowest BCUT2D eigenvalue weighted by atomic mass is 10.3. The highest BCUT2D eigenvalue weighted by molar-refractivity contribution is 5.59. The average Bonchev–Trinajstić information content (AvgIpc) is 2.32. The van der Waals surface area contributed by atoms with Crippen molar-refractivity contribution < 1.29 is 4.39 Å². The molecule has 0 unspecified atom stereocenters. The fourth-order valence-electron chi connectivity index (χ4n) is 1.39. The molecule has 0 aliphatic rings. The largest absolute Gasteiger partial charge is 0.357 e. The lowest BCUT2D eigenvalue weighted by Crippen LogP contribution is -2.02. The minimum Gasteiger partial charge on any atom is -0.357 e. The van der Waals surface area contributed by atoms with Gasteiger partial charge in [0.15, 0.2) is 0 Å². The molecule has 1 aromatic carbocycles. The van der Waals surface area contributed by atoms with Crippen molar-refractivity contribution in [1.82, 2.24) is 9.97 Å². The van der Waals surface area contributed by atoms with Crippen LogP contribution in [0.25, 0.3) is 0 Å². The van der Waals surface area contributed by atoms with Gasteiger partial charge < -0.3 is 10.6 Å². The van der Waals surface area contributed by atoms with Gasteiger partial charge in [-0.05, 0) is 25.1 Å². The Morgan fingerprint density at radius 1 is 1.29 bits per heavy atom. The normalized spacial score (nSPS) is 10.1. The highest BCUT2D eigenvalue weighted by atomic mass is 19.1. The summed E-state index contributed by atoms with van der Waals surface area (Å²) >= 11 is 0. The summed E-state index contributed by atoms with van der Waals surface area (Å²) < 4.78 is 13.0. The van der Waals surface area contributed by atoms with Gasteiger partial charge in [0.25, 0.3) is 0 Å². The Hall–Kier alpha value is -2.17. The van der Waals surface area contributed by atoms with Crippen LogP contribution in [0.3, 0.4) is 0 Å². The summed E-state index contributed by atoms with van der Waals surface area (Å²) in [6.45, 7) is 1.89. The van der Waals surface area contributed by atoms with E-state index in [4.69, 9.17) is 0 Å². The molecule has 0 aliphatic carbocycles. The summed E-state index contributed by atoms with van der Waals surface area (Å²) in [5.74, 6) is 0.903. The lowest BCUT2D eigenvalue weighted by Gasteiger charge is -2.09.